The Morgan fingerprint density at radius 3 is 2.50 bits per heavy atom. The fourth-order valence-electron chi connectivity index (χ4n) is 0.620. The highest BCUT2D eigenvalue weighted by atomic mass is 16.6. The molecule has 0 heterocycles. The number of nitro groups is 1. The molecule has 5 nitrogen and oxygen atoms in total. The van der Waals surface area contributed by atoms with Gasteiger partial charge >= 0.3 is 0 Å². The minimum atomic E-state index is -0.585. The van der Waals surface area contributed by atoms with Crippen LogP contribution in [-0.4, -0.2) is 23.6 Å². The Hall–Kier alpha value is -0.680. The maximum atomic E-state index is 10.1. The molecule has 0 spiro atoms. The molecule has 0 aromatic heterocycles. The summed E-state index contributed by atoms with van der Waals surface area (Å²) < 4.78 is 0. The first-order chi connectivity index (χ1) is 4.57. The van der Waals surface area contributed by atoms with E-state index in [2.05, 4.69) is 0 Å². The van der Waals surface area contributed by atoms with E-state index >= 15 is 0 Å². The first kappa shape index (κ1) is 9.32. The van der Waals surface area contributed by atoms with E-state index in [4.69, 9.17) is 11.5 Å². The maximum Gasteiger partial charge on any atom is 0.211 e. The maximum absolute atomic E-state index is 10.1. The Morgan fingerprint density at radius 1 is 1.70 bits per heavy atom. The first-order valence-corrected chi connectivity index (χ1v) is 3.17. The van der Waals surface area contributed by atoms with Gasteiger partial charge in [-0.1, -0.05) is 0 Å². The number of nitrogens with two attached hydrogens (primary N) is 2. The van der Waals surface area contributed by atoms with Crippen molar-refractivity contribution in [1.82, 2.24) is 0 Å². The van der Waals surface area contributed by atoms with Gasteiger partial charge in [0.25, 0.3) is 0 Å². The van der Waals surface area contributed by atoms with Crippen molar-refractivity contribution in [3.8, 4) is 0 Å². The Morgan fingerprint density at radius 2 is 2.20 bits per heavy atom. The lowest BCUT2D eigenvalue weighted by Crippen LogP contribution is -2.34. The van der Waals surface area contributed by atoms with Crippen molar-refractivity contribution in [2.45, 2.75) is 25.4 Å². The molecule has 10 heavy (non-hydrogen) atoms. The van der Waals surface area contributed by atoms with Crippen molar-refractivity contribution in [3.05, 3.63) is 10.1 Å². The Balaban J connectivity index is 3.56. The first-order valence-electron chi connectivity index (χ1n) is 3.17. The summed E-state index contributed by atoms with van der Waals surface area (Å²) in [6, 6.07) is -0.834. The summed E-state index contributed by atoms with van der Waals surface area (Å²) in [5.74, 6) is 0. The SMILES string of the molecule is CC(CC(N)CN)[N+](=O)[O-]. The number of nitrogens with zero attached hydrogens (tertiary/aromatic N) is 1. The summed E-state index contributed by atoms with van der Waals surface area (Å²) in [4.78, 5) is 9.71. The lowest BCUT2D eigenvalue weighted by atomic mass is 10.1. The van der Waals surface area contributed by atoms with Crippen LogP contribution in [0.25, 0.3) is 0 Å². The summed E-state index contributed by atoms with van der Waals surface area (Å²) >= 11 is 0. The number of hydrogen-bond acceptors (Lipinski definition) is 4. The van der Waals surface area contributed by atoms with Crippen LogP contribution in [-0.2, 0) is 0 Å². The minimum absolute atomic E-state index is 0.250. The van der Waals surface area contributed by atoms with Crippen LogP contribution in [0.1, 0.15) is 13.3 Å². The summed E-state index contributed by atoms with van der Waals surface area (Å²) in [6.45, 7) is 1.83. The molecule has 60 valence electrons. The third-order valence-corrected chi connectivity index (χ3v) is 1.31. The van der Waals surface area contributed by atoms with E-state index in [0.717, 1.165) is 0 Å². The Kier molecular flexibility index (Phi) is 3.90. The second-order valence-electron chi connectivity index (χ2n) is 2.37. The molecule has 0 aliphatic carbocycles. The van der Waals surface area contributed by atoms with E-state index in [1.165, 1.54) is 6.92 Å². The number of hydrogen-bond donors (Lipinski definition) is 2. The zero-order valence-corrected chi connectivity index (χ0v) is 5.99. The van der Waals surface area contributed by atoms with E-state index < -0.39 is 6.04 Å². The molecule has 0 radical (unpaired) electrons. The summed E-state index contributed by atoms with van der Waals surface area (Å²) in [5.41, 5.74) is 10.6. The van der Waals surface area contributed by atoms with Gasteiger partial charge in [-0.2, -0.15) is 0 Å². The molecule has 0 aliphatic rings. The van der Waals surface area contributed by atoms with E-state index in [-0.39, 0.29) is 11.0 Å². The van der Waals surface area contributed by atoms with Gasteiger partial charge in [0.2, 0.25) is 6.04 Å². The van der Waals surface area contributed by atoms with Crippen LogP contribution in [0.3, 0.4) is 0 Å². The molecule has 5 heteroatoms. The third-order valence-electron chi connectivity index (χ3n) is 1.31. The van der Waals surface area contributed by atoms with Crippen LogP contribution >= 0.6 is 0 Å². The van der Waals surface area contributed by atoms with Crippen LogP contribution in [0, 0.1) is 10.1 Å². The molecule has 0 saturated carbocycles. The fraction of sp³-hybridized carbons (Fsp3) is 1.00. The van der Waals surface area contributed by atoms with Crippen molar-refractivity contribution in [1.29, 1.82) is 0 Å². The van der Waals surface area contributed by atoms with Crippen molar-refractivity contribution < 1.29 is 4.92 Å². The van der Waals surface area contributed by atoms with Gasteiger partial charge < -0.3 is 11.5 Å². The van der Waals surface area contributed by atoms with Crippen molar-refractivity contribution in [2.24, 2.45) is 11.5 Å². The van der Waals surface area contributed by atoms with E-state index in [9.17, 15) is 10.1 Å². The van der Waals surface area contributed by atoms with Crippen molar-refractivity contribution >= 4 is 0 Å². The standard InChI is InChI=1S/C5H13N3O2/c1-4(8(9)10)2-5(7)3-6/h4-5H,2-3,6-7H2,1H3. The lowest BCUT2D eigenvalue weighted by molar-refractivity contribution is -0.519. The molecular formula is C5H13N3O2. The van der Waals surface area contributed by atoms with Crippen molar-refractivity contribution in [2.75, 3.05) is 6.54 Å². The van der Waals surface area contributed by atoms with Crippen LogP contribution in [0.2, 0.25) is 0 Å². The predicted octanol–water partition coefficient (Wildman–Crippen LogP) is -0.672. The highest BCUT2D eigenvalue weighted by Crippen LogP contribution is 1.97. The molecule has 0 aromatic rings. The van der Waals surface area contributed by atoms with Crippen LogP contribution in [0.4, 0.5) is 0 Å². The van der Waals surface area contributed by atoms with Gasteiger partial charge in [-0.3, -0.25) is 10.1 Å². The van der Waals surface area contributed by atoms with Gasteiger partial charge in [0, 0.05) is 30.9 Å². The second kappa shape index (κ2) is 4.19. The molecule has 0 fully saturated rings. The molecule has 2 atom stereocenters. The van der Waals surface area contributed by atoms with Gasteiger partial charge in [0.15, 0.2) is 0 Å². The Bertz CT molecular complexity index is 117. The molecule has 0 saturated heterocycles. The smallest absolute Gasteiger partial charge is 0.211 e. The van der Waals surface area contributed by atoms with Gasteiger partial charge in [-0.15, -0.1) is 0 Å². The molecule has 4 N–H and O–H groups in total. The third kappa shape index (κ3) is 3.37. The lowest BCUT2D eigenvalue weighted by Gasteiger charge is -2.08. The molecule has 0 rings (SSSR count). The normalized spacial score (nSPS) is 16.3. The van der Waals surface area contributed by atoms with Gasteiger partial charge in [0.1, 0.15) is 0 Å². The summed E-state index contributed by atoms with van der Waals surface area (Å²) in [5, 5.41) is 10.1. The average Bonchev–Trinajstić information content (AvgIpc) is 1.87. The summed E-state index contributed by atoms with van der Waals surface area (Å²) in [6.07, 6.45) is 0.351. The largest absolute Gasteiger partial charge is 0.329 e. The fourth-order valence-corrected chi connectivity index (χ4v) is 0.620. The van der Waals surface area contributed by atoms with E-state index in [1.54, 1.807) is 0 Å². The molecule has 0 aliphatic heterocycles. The topological polar surface area (TPSA) is 95.2 Å². The van der Waals surface area contributed by atoms with E-state index in [1.807, 2.05) is 0 Å². The highest BCUT2D eigenvalue weighted by Gasteiger charge is 2.15. The van der Waals surface area contributed by atoms with Gasteiger partial charge in [-0.25, -0.2) is 0 Å². The Labute approximate surface area is 59.5 Å². The highest BCUT2D eigenvalue weighted by molar-refractivity contribution is 4.64. The molecule has 2 unspecified atom stereocenters. The monoisotopic (exact) mass is 147 g/mol. The van der Waals surface area contributed by atoms with Gasteiger partial charge in [0.05, 0.1) is 0 Å². The quantitative estimate of drug-likeness (QED) is 0.407. The molecular weight excluding hydrogens is 134 g/mol. The average molecular weight is 147 g/mol. The molecule has 0 aromatic carbocycles. The second-order valence-corrected chi connectivity index (χ2v) is 2.37. The number of rotatable bonds is 4. The zero-order valence-electron chi connectivity index (χ0n) is 5.99. The zero-order chi connectivity index (χ0) is 8.15. The predicted molar refractivity (Wildman–Crippen MR) is 38.1 cm³/mol. The molecule has 0 bridgehead atoms. The minimum Gasteiger partial charge on any atom is -0.329 e. The van der Waals surface area contributed by atoms with Crippen LogP contribution in [0.15, 0.2) is 0 Å². The van der Waals surface area contributed by atoms with Crippen LogP contribution in [0.5, 0.6) is 0 Å². The van der Waals surface area contributed by atoms with Crippen molar-refractivity contribution in [3.63, 3.8) is 0 Å². The van der Waals surface area contributed by atoms with E-state index in [0.29, 0.717) is 13.0 Å². The van der Waals surface area contributed by atoms with Crippen LogP contribution < -0.4 is 11.5 Å². The molecule has 0 amide bonds. The van der Waals surface area contributed by atoms with Gasteiger partial charge in [-0.05, 0) is 0 Å². The summed E-state index contributed by atoms with van der Waals surface area (Å²) in [7, 11) is 0.